The molecule has 4 fully saturated rings. The minimum atomic E-state index is 0.0313. The van der Waals surface area contributed by atoms with Gasteiger partial charge in [-0.1, -0.05) is 43.4 Å². The van der Waals surface area contributed by atoms with E-state index >= 15 is 0 Å². The Hall–Kier alpha value is -0.330. The molecule has 10 atom stereocenters. The standard InChI is InChI=1S/C25H39IO4/c1-16(8-11-26)19-4-5-20-23-21(7-10-25(19,20)3)24(2)9-6-18(29-14-27)12-17(24)13-22(23)30-15-28/h14-23H,4-13H2,1-3H3/t16-,17?,18-,19-,20?,21?,22-,23?,24+,25-/m1/s1. The highest BCUT2D eigenvalue weighted by Crippen LogP contribution is 2.68. The second-order valence-corrected chi connectivity index (χ2v) is 12.4. The van der Waals surface area contributed by atoms with Crippen LogP contribution in [0.2, 0.25) is 0 Å². The monoisotopic (exact) mass is 530 g/mol. The predicted molar refractivity (Wildman–Crippen MR) is 125 cm³/mol. The Morgan fingerprint density at radius 1 is 0.967 bits per heavy atom. The lowest BCUT2D eigenvalue weighted by Crippen LogP contribution is -2.59. The van der Waals surface area contributed by atoms with Crippen molar-refractivity contribution in [3.63, 3.8) is 0 Å². The van der Waals surface area contributed by atoms with Gasteiger partial charge in [0.2, 0.25) is 0 Å². The molecule has 5 heteroatoms. The highest BCUT2D eigenvalue weighted by atomic mass is 127. The summed E-state index contributed by atoms with van der Waals surface area (Å²) < 4.78 is 12.5. The number of carbonyl (C=O) groups excluding carboxylic acids is 2. The molecule has 0 spiro atoms. The first-order chi connectivity index (χ1) is 14.4. The fourth-order valence-corrected chi connectivity index (χ4v) is 9.91. The van der Waals surface area contributed by atoms with Crippen molar-refractivity contribution in [2.75, 3.05) is 4.43 Å². The van der Waals surface area contributed by atoms with E-state index in [4.69, 9.17) is 9.47 Å². The fraction of sp³-hybridized carbons (Fsp3) is 0.920. The van der Waals surface area contributed by atoms with Crippen LogP contribution in [0.3, 0.4) is 0 Å². The Balaban J connectivity index is 1.62. The van der Waals surface area contributed by atoms with Gasteiger partial charge in [0.25, 0.3) is 12.9 Å². The number of fused-ring (bicyclic) bond motifs is 5. The summed E-state index contributed by atoms with van der Waals surface area (Å²) >= 11 is 2.52. The number of carbonyl (C=O) groups is 2. The number of hydrogen-bond acceptors (Lipinski definition) is 4. The Bertz CT molecular complexity index is 641. The molecule has 0 N–H and O–H groups in total. The first kappa shape index (κ1) is 22.8. The molecule has 0 amide bonds. The largest absolute Gasteiger partial charge is 0.465 e. The summed E-state index contributed by atoms with van der Waals surface area (Å²) in [6.07, 6.45) is 10.6. The molecule has 170 valence electrons. The summed E-state index contributed by atoms with van der Waals surface area (Å²) in [5.74, 6) is 3.84. The molecule has 4 unspecified atom stereocenters. The highest BCUT2D eigenvalue weighted by molar-refractivity contribution is 14.1. The van der Waals surface area contributed by atoms with Gasteiger partial charge in [-0.15, -0.1) is 0 Å². The van der Waals surface area contributed by atoms with Gasteiger partial charge in [-0.05, 0) is 103 Å². The maximum atomic E-state index is 11.5. The van der Waals surface area contributed by atoms with Crippen LogP contribution in [-0.2, 0) is 19.1 Å². The van der Waals surface area contributed by atoms with Crippen LogP contribution in [0.25, 0.3) is 0 Å². The van der Waals surface area contributed by atoms with Crippen LogP contribution in [0, 0.1) is 46.3 Å². The maximum Gasteiger partial charge on any atom is 0.293 e. The molecule has 0 saturated heterocycles. The van der Waals surface area contributed by atoms with Gasteiger partial charge in [0.05, 0.1) is 0 Å². The van der Waals surface area contributed by atoms with Crippen LogP contribution >= 0.6 is 22.6 Å². The SMILES string of the molecule is C[C@H](CCI)[C@H]1CCC2C3C(CC[C@@]21C)[C@@]1(C)CC[C@@H](OC=O)CC1C[C@H]3OC=O. The molecule has 4 aliphatic rings. The van der Waals surface area contributed by atoms with Crippen LogP contribution in [0.1, 0.15) is 78.6 Å². The average Bonchev–Trinajstić information content (AvgIpc) is 3.07. The van der Waals surface area contributed by atoms with Gasteiger partial charge >= 0.3 is 0 Å². The van der Waals surface area contributed by atoms with Crippen molar-refractivity contribution in [2.45, 2.75) is 90.8 Å². The lowest BCUT2D eigenvalue weighted by Gasteiger charge is -2.62. The molecular weight excluding hydrogens is 491 g/mol. The van der Waals surface area contributed by atoms with Gasteiger partial charge < -0.3 is 9.47 Å². The van der Waals surface area contributed by atoms with Crippen molar-refractivity contribution < 1.29 is 19.1 Å². The van der Waals surface area contributed by atoms with Crippen molar-refractivity contribution in [1.29, 1.82) is 0 Å². The number of halogens is 1. The topological polar surface area (TPSA) is 52.6 Å². The number of alkyl halides is 1. The van der Waals surface area contributed by atoms with Crippen molar-refractivity contribution in [2.24, 2.45) is 46.3 Å². The van der Waals surface area contributed by atoms with E-state index in [-0.39, 0.29) is 17.6 Å². The first-order valence-corrected chi connectivity index (χ1v) is 13.7. The minimum absolute atomic E-state index is 0.0313. The Morgan fingerprint density at radius 3 is 2.37 bits per heavy atom. The minimum Gasteiger partial charge on any atom is -0.465 e. The predicted octanol–water partition coefficient (Wildman–Crippen LogP) is 5.80. The molecule has 0 bridgehead atoms. The van der Waals surface area contributed by atoms with Gasteiger partial charge in [0, 0.05) is 5.92 Å². The third kappa shape index (κ3) is 3.63. The molecule has 4 aliphatic carbocycles. The first-order valence-electron chi connectivity index (χ1n) is 12.1. The summed E-state index contributed by atoms with van der Waals surface area (Å²) in [7, 11) is 0. The number of hydrogen-bond donors (Lipinski definition) is 0. The quantitative estimate of drug-likeness (QED) is 0.237. The van der Waals surface area contributed by atoms with Crippen LogP contribution < -0.4 is 0 Å². The molecule has 4 saturated carbocycles. The van der Waals surface area contributed by atoms with Gasteiger partial charge in [-0.2, -0.15) is 0 Å². The molecule has 0 aromatic rings. The normalized spacial score (nSPS) is 48.6. The van der Waals surface area contributed by atoms with Crippen LogP contribution in [0.4, 0.5) is 0 Å². The lowest BCUT2D eigenvalue weighted by atomic mass is 9.43. The fourth-order valence-electron chi connectivity index (χ4n) is 8.92. The molecular formula is C25H39IO4. The summed E-state index contributed by atoms with van der Waals surface area (Å²) in [4.78, 5) is 22.4. The van der Waals surface area contributed by atoms with Gasteiger partial charge in [0.1, 0.15) is 12.2 Å². The summed E-state index contributed by atoms with van der Waals surface area (Å²) in [5.41, 5.74) is 0.668. The van der Waals surface area contributed by atoms with Crippen LogP contribution in [0.15, 0.2) is 0 Å². The van der Waals surface area contributed by atoms with Crippen molar-refractivity contribution in [3.05, 3.63) is 0 Å². The maximum absolute atomic E-state index is 11.5. The van der Waals surface area contributed by atoms with Crippen LogP contribution in [-0.4, -0.2) is 29.6 Å². The van der Waals surface area contributed by atoms with Crippen LogP contribution in [0.5, 0.6) is 0 Å². The Morgan fingerprint density at radius 2 is 1.67 bits per heavy atom. The van der Waals surface area contributed by atoms with E-state index in [1.54, 1.807) is 0 Å². The highest BCUT2D eigenvalue weighted by Gasteiger charge is 2.63. The number of ether oxygens (including phenoxy) is 2. The molecule has 4 rings (SSSR count). The summed E-state index contributed by atoms with van der Waals surface area (Å²) in [6.45, 7) is 8.84. The summed E-state index contributed by atoms with van der Waals surface area (Å²) in [5, 5.41) is 0. The molecule has 0 aromatic heterocycles. The molecule has 0 radical (unpaired) electrons. The smallest absolute Gasteiger partial charge is 0.293 e. The van der Waals surface area contributed by atoms with E-state index in [9.17, 15) is 9.59 Å². The van der Waals surface area contributed by atoms with Gasteiger partial charge in [-0.3, -0.25) is 9.59 Å². The van der Waals surface area contributed by atoms with E-state index in [0.717, 1.165) is 37.5 Å². The van der Waals surface area contributed by atoms with Gasteiger partial charge in [-0.25, -0.2) is 0 Å². The Kier molecular flexibility index (Phi) is 6.78. The van der Waals surface area contributed by atoms with Crippen molar-refractivity contribution >= 4 is 35.5 Å². The van der Waals surface area contributed by atoms with Gasteiger partial charge in [0.15, 0.2) is 0 Å². The average molecular weight is 530 g/mol. The number of rotatable bonds is 7. The van der Waals surface area contributed by atoms with Crippen molar-refractivity contribution in [3.8, 4) is 0 Å². The van der Waals surface area contributed by atoms with E-state index in [0.29, 0.717) is 42.0 Å². The third-order valence-corrected chi connectivity index (χ3v) is 11.0. The molecule has 0 heterocycles. The molecule has 0 aliphatic heterocycles. The molecule has 0 aromatic carbocycles. The second kappa shape index (κ2) is 8.90. The van der Waals surface area contributed by atoms with E-state index in [1.165, 1.54) is 36.5 Å². The van der Waals surface area contributed by atoms with E-state index in [2.05, 4.69) is 43.4 Å². The zero-order valence-corrected chi connectivity index (χ0v) is 21.0. The second-order valence-electron chi connectivity index (χ2n) is 11.3. The molecule has 30 heavy (non-hydrogen) atoms. The molecule has 4 nitrogen and oxygen atoms in total. The zero-order valence-electron chi connectivity index (χ0n) is 18.9. The van der Waals surface area contributed by atoms with E-state index in [1.807, 2.05) is 0 Å². The Labute approximate surface area is 195 Å². The van der Waals surface area contributed by atoms with Crippen molar-refractivity contribution in [1.82, 2.24) is 0 Å². The lowest BCUT2D eigenvalue weighted by molar-refractivity contribution is -0.190. The summed E-state index contributed by atoms with van der Waals surface area (Å²) in [6, 6.07) is 0. The third-order valence-electron chi connectivity index (χ3n) is 10.4. The van der Waals surface area contributed by atoms with E-state index < -0.39 is 0 Å². The zero-order chi connectivity index (χ0) is 21.5.